The van der Waals surface area contributed by atoms with Crippen molar-refractivity contribution in [3.05, 3.63) is 97.2 Å². The van der Waals surface area contributed by atoms with Gasteiger partial charge in [0, 0.05) is 19.3 Å². The molecule has 0 saturated heterocycles. The molecule has 358 valence electrons. The number of hydrogen-bond donors (Lipinski definition) is 0. The van der Waals surface area contributed by atoms with E-state index in [-0.39, 0.29) is 37.5 Å². The summed E-state index contributed by atoms with van der Waals surface area (Å²) in [5.74, 6) is -0.986. The summed E-state index contributed by atoms with van der Waals surface area (Å²) in [6.45, 7) is 6.39. The Bertz CT molecular complexity index is 1280. The second-order valence-electron chi connectivity index (χ2n) is 16.7. The number of unbranched alkanes of at least 4 members (excludes halogenated alkanes) is 18. The summed E-state index contributed by atoms with van der Waals surface area (Å²) in [5.41, 5.74) is 0. The molecule has 0 aromatic carbocycles. The minimum atomic E-state index is -0.808. The highest BCUT2D eigenvalue weighted by molar-refractivity contribution is 5.71. The second-order valence-corrected chi connectivity index (χ2v) is 16.7. The van der Waals surface area contributed by atoms with Gasteiger partial charge in [-0.2, -0.15) is 0 Å². The molecule has 1 atom stereocenters. The van der Waals surface area contributed by atoms with E-state index in [9.17, 15) is 14.4 Å². The van der Waals surface area contributed by atoms with Gasteiger partial charge in [0.15, 0.2) is 6.10 Å². The smallest absolute Gasteiger partial charge is 0.306 e. The molecule has 0 fully saturated rings. The first-order chi connectivity index (χ1) is 31.0. The van der Waals surface area contributed by atoms with E-state index in [0.29, 0.717) is 19.3 Å². The van der Waals surface area contributed by atoms with Gasteiger partial charge in [-0.15, -0.1) is 0 Å². The van der Waals surface area contributed by atoms with Crippen molar-refractivity contribution in [2.75, 3.05) is 13.2 Å². The fraction of sp³-hybridized carbons (Fsp3) is 0.667. The van der Waals surface area contributed by atoms with Crippen LogP contribution in [0.4, 0.5) is 0 Å². The third kappa shape index (κ3) is 49.2. The number of rotatable bonds is 45. The van der Waals surface area contributed by atoms with Crippen molar-refractivity contribution >= 4 is 17.9 Å². The highest BCUT2D eigenvalue weighted by Crippen LogP contribution is 2.13. The van der Waals surface area contributed by atoms with Crippen LogP contribution in [0.3, 0.4) is 0 Å². The van der Waals surface area contributed by atoms with Crippen LogP contribution in [0.1, 0.15) is 226 Å². The molecule has 0 aliphatic carbocycles. The first-order valence-corrected chi connectivity index (χ1v) is 25.7. The van der Waals surface area contributed by atoms with Crippen LogP contribution >= 0.6 is 0 Å². The predicted molar refractivity (Wildman–Crippen MR) is 270 cm³/mol. The highest BCUT2D eigenvalue weighted by atomic mass is 16.6. The lowest BCUT2D eigenvalue weighted by Gasteiger charge is -2.18. The number of carbonyl (C=O) groups excluding carboxylic acids is 3. The summed E-state index contributed by atoms with van der Waals surface area (Å²) in [4.78, 5) is 37.9. The molecule has 0 radical (unpaired) electrons. The summed E-state index contributed by atoms with van der Waals surface area (Å²) < 4.78 is 16.7. The van der Waals surface area contributed by atoms with Crippen molar-refractivity contribution in [1.82, 2.24) is 0 Å². The summed E-state index contributed by atoms with van der Waals surface area (Å²) >= 11 is 0. The van der Waals surface area contributed by atoms with Crippen LogP contribution in [0.2, 0.25) is 0 Å². The maximum atomic E-state index is 12.8. The average molecular weight is 875 g/mol. The Morgan fingerprint density at radius 1 is 0.333 bits per heavy atom. The zero-order valence-electron chi connectivity index (χ0n) is 40.8. The number of hydrogen-bond acceptors (Lipinski definition) is 6. The summed E-state index contributed by atoms with van der Waals surface area (Å²) in [7, 11) is 0. The molecule has 0 unspecified atom stereocenters. The van der Waals surface area contributed by atoms with Crippen LogP contribution in [-0.2, 0) is 28.6 Å². The summed E-state index contributed by atoms with van der Waals surface area (Å²) in [6, 6.07) is 0. The summed E-state index contributed by atoms with van der Waals surface area (Å²) in [6.07, 6.45) is 66.8. The van der Waals surface area contributed by atoms with Crippen LogP contribution in [-0.4, -0.2) is 37.2 Å². The minimum absolute atomic E-state index is 0.104. The van der Waals surface area contributed by atoms with E-state index in [1.165, 1.54) is 77.0 Å². The van der Waals surface area contributed by atoms with Crippen LogP contribution in [0, 0.1) is 0 Å². The van der Waals surface area contributed by atoms with Gasteiger partial charge in [-0.25, -0.2) is 0 Å². The summed E-state index contributed by atoms with van der Waals surface area (Å²) in [5, 5.41) is 0. The van der Waals surface area contributed by atoms with Gasteiger partial charge in [0.25, 0.3) is 0 Å². The molecule has 0 aliphatic heterocycles. The molecule has 0 aromatic heterocycles. The molecular weight excluding hydrogens is 781 g/mol. The van der Waals surface area contributed by atoms with Gasteiger partial charge in [-0.3, -0.25) is 14.4 Å². The van der Waals surface area contributed by atoms with Crippen molar-refractivity contribution in [2.45, 2.75) is 232 Å². The van der Waals surface area contributed by atoms with Crippen LogP contribution < -0.4 is 0 Å². The van der Waals surface area contributed by atoms with E-state index < -0.39 is 6.10 Å². The first kappa shape index (κ1) is 59.3. The molecule has 63 heavy (non-hydrogen) atoms. The lowest BCUT2D eigenvalue weighted by atomic mass is 10.1. The normalized spacial score (nSPS) is 12.9. The van der Waals surface area contributed by atoms with E-state index in [0.717, 1.165) is 103 Å². The number of carbonyl (C=O) groups is 3. The molecule has 6 nitrogen and oxygen atoms in total. The molecule has 0 aliphatic rings. The molecule has 0 rings (SSSR count). The molecular formula is C57H94O6. The number of allylic oxidation sites excluding steroid dienone is 16. The molecule has 0 bridgehead atoms. The fourth-order valence-corrected chi connectivity index (χ4v) is 6.66. The zero-order valence-corrected chi connectivity index (χ0v) is 40.8. The minimum Gasteiger partial charge on any atom is -0.462 e. The Morgan fingerprint density at radius 2 is 0.651 bits per heavy atom. The van der Waals surface area contributed by atoms with Crippen molar-refractivity contribution < 1.29 is 28.6 Å². The molecule has 0 spiro atoms. The molecule has 0 N–H and O–H groups in total. The van der Waals surface area contributed by atoms with E-state index in [4.69, 9.17) is 14.2 Å². The SMILES string of the molecule is CC/C=C\C/C=C\C/C=C\C/C=C\C/C=C\CCCC(=O)OC[C@@H](COC(=O)CCCCCCC/C=C\CCCC)OC(=O)CCCCCCCCC/C=C\C/C=C\CCCCC. The Morgan fingerprint density at radius 3 is 1.10 bits per heavy atom. The Hall–Kier alpha value is -3.67. The molecule has 6 heteroatoms. The Labute approximate surface area is 387 Å². The third-order valence-corrected chi connectivity index (χ3v) is 10.5. The van der Waals surface area contributed by atoms with E-state index in [2.05, 4.69) is 118 Å². The predicted octanol–water partition coefficient (Wildman–Crippen LogP) is 17.0. The fourth-order valence-electron chi connectivity index (χ4n) is 6.66. The largest absolute Gasteiger partial charge is 0.462 e. The average Bonchev–Trinajstić information content (AvgIpc) is 3.28. The van der Waals surface area contributed by atoms with E-state index in [1.54, 1.807) is 0 Å². The van der Waals surface area contributed by atoms with Crippen molar-refractivity contribution in [1.29, 1.82) is 0 Å². The van der Waals surface area contributed by atoms with Crippen molar-refractivity contribution in [3.63, 3.8) is 0 Å². The highest BCUT2D eigenvalue weighted by Gasteiger charge is 2.19. The second kappa shape index (κ2) is 51.0. The van der Waals surface area contributed by atoms with Crippen molar-refractivity contribution in [2.24, 2.45) is 0 Å². The van der Waals surface area contributed by atoms with Gasteiger partial charge in [-0.1, -0.05) is 195 Å². The maximum absolute atomic E-state index is 12.8. The number of esters is 3. The van der Waals surface area contributed by atoms with Gasteiger partial charge >= 0.3 is 17.9 Å². The van der Waals surface area contributed by atoms with Gasteiger partial charge in [0.05, 0.1) is 0 Å². The van der Waals surface area contributed by atoms with Gasteiger partial charge in [0.1, 0.15) is 13.2 Å². The van der Waals surface area contributed by atoms with Gasteiger partial charge in [0.2, 0.25) is 0 Å². The van der Waals surface area contributed by atoms with Crippen LogP contribution in [0.25, 0.3) is 0 Å². The van der Waals surface area contributed by atoms with Gasteiger partial charge in [-0.05, 0) is 109 Å². The molecule has 0 aromatic rings. The molecule has 0 amide bonds. The third-order valence-electron chi connectivity index (χ3n) is 10.5. The molecule has 0 heterocycles. The first-order valence-electron chi connectivity index (χ1n) is 25.7. The van der Waals surface area contributed by atoms with Crippen LogP contribution in [0.5, 0.6) is 0 Å². The lowest BCUT2D eigenvalue weighted by molar-refractivity contribution is -0.167. The van der Waals surface area contributed by atoms with Gasteiger partial charge < -0.3 is 14.2 Å². The Balaban J connectivity index is 4.49. The lowest BCUT2D eigenvalue weighted by Crippen LogP contribution is -2.30. The van der Waals surface area contributed by atoms with E-state index in [1.807, 2.05) is 0 Å². The zero-order chi connectivity index (χ0) is 45.8. The van der Waals surface area contributed by atoms with Crippen LogP contribution in [0.15, 0.2) is 97.2 Å². The van der Waals surface area contributed by atoms with E-state index >= 15 is 0 Å². The standard InChI is InChI=1S/C57H94O6/c1-4-7-10-13-16-19-22-24-26-28-30-32-35-38-41-44-47-50-56(59)62-53-54(52-61-55(58)49-46-43-40-37-34-21-18-15-12-9-6-3)63-57(60)51-48-45-42-39-36-33-31-29-27-25-23-20-17-14-11-8-5-2/h7,10,15-20,24-27,30,32,38,41,54H,4-6,8-9,11-14,21-23,28-29,31,33-37,39-40,42-53H2,1-3H3/b10-7-,18-15-,19-16-,20-17-,26-24-,27-25-,32-30-,41-38-/t54-/m1/s1. The maximum Gasteiger partial charge on any atom is 0.306 e. The quantitative estimate of drug-likeness (QED) is 0.0262. The van der Waals surface area contributed by atoms with Crippen molar-refractivity contribution in [3.8, 4) is 0 Å². The number of ether oxygens (including phenoxy) is 3. The Kier molecular flexibility index (Phi) is 48.0. The monoisotopic (exact) mass is 875 g/mol. The topological polar surface area (TPSA) is 78.9 Å². The molecule has 0 saturated carbocycles.